The maximum Gasteiger partial charge on any atom is 0.424 e. The maximum absolute atomic E-state index is 15.2. The molecule has 2 aliphatic heterocycles. The first-order chi connectivity index (χ1) is 17.3. The quantitative estimate of drug-likeness (QED) is 0.574. The fraction of sp³-hybridized carbons (Fsp3) is 0.423. The molecular formula is C26H31FN4O5. The molecule has 2 aromatic carbocycles. The molecular weight excluding hydrogens is 467 g/mol. The van der Waals surface area contributed by atoms with Crippen LogP contribution in [0.25, 0.3) is 0 Å². The van der Waals surface area contributed by atoms with Crippen LogP contribution in [0.4, 0.5) is 25.4 Å². The van der Waals surface area contributed by atoms with Crippen molar-refractivity contribution in [3.8, 4) is 0 Å². The second-order valence-electron chi connectivity index (χ2n) is 9.02. The molecule has 4 rings (SSSR count). The van der Waals surface area contributed by atoms with Gasteiger partial charge in [-0.25, -0.2) is 24.0 Å². The lowest BCUT2D eigenvalue weighted by Crippen LogP contribution is -2.45. The summed E-state index contributed by atoms with van der Waals surface area (Å²) in [6, 6.07) is 14.1. The van der Waals surface area contributed by atoms with Crippen LogP contribution < -0.4 is 9.80 Å². The van der Waals surface area contributed by atoms with E-state index in [-0.39, 0.29) is 18.9 Å². The van der Waals surface area contributed by atoms with E-state index in [1.54, 1.807) is 24.2 Å². The number of carbonyl (C=O) groups is 3. The van der Waals surface area contributed by atoms with Crippen LogP contribution >= 0.6 is 0 Å². The van der Waals surface area contributed by atoms with Crippen LogP contribution in [-0.4, -0.2) is 73.9 Å². The highest BCUT2D eigenvalue weighted by atomic mass is 19.1. The molecule has 192 valence electrons. The third-order valence-electron chi connectivity index (χ3n) is 6.38. The van der Waals surface area contributed by atoms with Crippen molar-refractivity contribution >= 4 is 29.3 Å². The predicted molar refractivity (Wildman–Crippen MR) is 132 cm³/mol. The van der Waals surface area contributed by atoms with Gasteiger partial charge in [0.1, 0.15) is 24.3 Å². The number of Topliss-reactive ketones (excluding diaryl/α,β-unsaturated/α-hetero) is 1. The number of hydrogen-bond donors (Lipinski definition) is 0. The first-order valence-corrected chi connectivity index (χ1v) is 12.0. The standard InChI is InChI=1S/C26H31FN4O5/c1-19(32)8-10-22-17-30(25(33)36-22)21-9-11-24(23(27)16-21)29-13-12-28(2)31(15-14-29)26(34)35-18-20-6-4-3-5-7-20/h3-7,9,11,16,22H,8,10,12-15,17-18H2,1-2H3/t22-/m0/s1. The third kappa shape index (κ3) is 6.12. The number of carbonyl (C=O) groups excluding carboxylic acids is 3. The number of cyclic esters (lactones) is 1. The molecule has 0 aromatic heterocycles. The Labute approximate surface area is 209 Å². The van der Waals surface area contributed by atoms with Crippen molar-refractivity contribution in [2.45, 2.75) is 32.5 Å². The van der Waals surface area contributed by atoms with Gasteiger partial charge in [-0.2, -0.15) is 0 Å². The molecule has 2 fully saturated rings. The molecule has 1 atom stereocenters. The molecule has 2 heterocycles. The van der Waals surface area contributed by atoms with Gasteiger partial charge in [0.2, 0.25) is 0 Å². The molecule has 36 heavy (non-hydrogen) atoms. The molecule has 2 aliphatic rings. The molecule has 0 bridgehead atoms. The molecule has 0 radical (unpaired) electrons. The Kier molecular flexibility index (Phi) is 8.04. The first kappa shape index (κ1) is 25.4. The summed E-state index contributed by atoms with van der Waals surface area (Å²) < 4.78 is 26.0. The van der Waals surface area contributed by atoms with E-state index in [0.29, 0.717) is 50.4 Å². The lowest BCUT2D eigenvalue weighted by molar-refractivity contribution is -0.117. The largest absolute Gasteiger partial charge is 0.444 e. The van der Waals surface area contributed by atoms with Gasteiger partial charge in [-0.3, -0.25) is 4.90 Å². The summed E-state index contributed by atoms with van der Waals surface area (Å²) in [6.45, 7) is 3.71. The van der Waals surface area contributed by atoms with Crippen LogP contribution in [0.1, 0.15) is 25.3 Å². The number of ketones is 1. The molecule has 9 nitrogen and oxygen atoms in total. The number of hydrazine groups is 1. The highest BCUT2D eigenvalue weighted by Crippen LogP contribution is 2.29. The minimum absolute atomic E-state index is 0.0333. The van der Waals surface area contributed by atoms with Crippen LogP contribution in [0.5, 0.6) is 0 Å². The lowest BCUT2D eigenvalue weighted by atomic mass is 10.1. The molecule has 0 spiro atoms. The van der Waals surface area contributed by atoms with Crippen molar-refractivity contribution in [2.75, 3.05) is 49.6 Å². The number of ether oxygens (including phenoxy) is 2. The summed E-state index contributed by atoms with van der Waals surface area (Å²) in [6.07, 6.45) is -0.608. The molecule has 2 aromatic rings. The maximum atomic E-state index is 15.2. The Balaban J connectivity index is 1.37. The molecule has 0 N–H and O–H groups in total. The minimum Gasteiger partial charge on any atom is -0.444 e. The number of hydrogen-bond acceptors (Lipinski definition) is 7. The van der Waals surface area contributed by atoms with Crippen molar-refractivity contribution in [1.82, 2.24) is 10.0 Å². The fourth-order valence-corrected chi connectivity index (χ4v) is 4.32. The summed E-state index contributed by atoms with van der Waals surface area (Å²) >= 11 is 0. The van der Waals surface area contributed by atoms with Crippen molar-refractivity contribution in [3.63, 3.8) is 0 Å². The monoisotopic (exact) mass is 498 g/mol. The van der Waals surface area contributed by atoms with Crippen molar-refractivity contribution in [1.29, 1.82) is 0 Å². The van der Waals surface area contributed by atoms with Crippen LogP contribution in [-0.2, 0) is 20.9 Å². The van der Waals surface area contributed by atoms with Gasteiger partial charge in [-0.05, 0) is 37.1 Å². The van der Waals surface area contributed by atoms with Gasteiger partial charge in [0.25, 0.3) is 0 Å². The van der Waals surface area contributed by atoms with Gasteiger partial charge >= 0.3 is 12.2 Å². The normalized spacial score (nSPS) is 18.7. The Hall–Kier alpha value is -3.66. The van der Waals surface area contributed by atoms with E-state index in [4.69, 9.17) is 9.47 Å². The summed E-state index contributed by atoms with van der Waals surface area (Å²) in [5, 5.41) is 3.30. The number of halogens is 1. The fourth-order valence-electron chi connectivity index (χ4n) is 4.32. The number of rotatable bonds is 7. The molecule has 0 saturated carbocycles. The van der Waals surface area contributed by atoms with Crippen molar-refractivity contribution < 1.29 is 28.2 Å². The Bertz CT molecular complexity index is 1100. The van der Waals surface area contributed by atoms with Crippen LogP contribution in [0.2, 0.25) is 0 Å². The van der Waals surface area contributed by atoms with Crippen molar-refractivity contribution in [3.05, 3.63) is 59.9 Å². The first-order valence-electron chi connectivity index (χ1n) is 12.0. The number of likely N-dealkylation sites (N-methyl/N-ethyl adjacent to an activating group) is 1. The van der Waals surface area contributed by atoms with E-state index in [0.717, 1.165) is 5.56 Å². The third-order valence-corrected chi connectivity index (χ3v) is 6.38. The van der Waals surface area contributed by atoms with Gasteiger partial charge in [0, 0.05) is 33.1 Å². The average molecular weight is 499 g/mol. The van der Waals surface area contributed by atoms with Gasteiger partial charge in [0.15, 0.2) is 0 Å². The average Bonchev–Trinajstić information content (AvgIpc) is 3.13. The lowest BCUT2D eigenvalue weighted by Gasteiger charge is -2.28. The van der Waals surface area contributed by atoms with Gasteiger partial charge in [-0.1, -0.05) is 30.3 Å². The number of benzene rings is 2. The highest BCUT2D eigenvalue weighted by Gasteiger charge is 2.33. The predicted octanol–water partition coefficient (Wildman–Crippen LogP) is 3.83. The molecule has 0 aliphatic carbocycles. The topological polar surface area (TPSA) is 82.6 Å². The van der Waals surface area contributed by atoms with Crippen molar-refractivity contribution in [2.24, 2.45) is 0 Å². The van der Waals surface area contributed by atoms with E-state index in [1.807, 2.05) is 35.2 Å². The van der Waals surface area contributed by atoms with Gasteiger partial charge in [-0.15, -0.1) is 0 Å². The zero-order valence-electron chi connectivity index (χ0n) is 20.6. The highest BCUT2D eigenvalue weighted by molar-refractivity contribution is 5.90. The summed E-state index contributed by atoms with van der Waals surface area (Å²) in [5.74, 6) is -0.429. The van der Waals surface area contributed by atoms with E-state index in [1.165, 1.54) is 22.9 Å². The van der Waals surface area contributed by atoms with E-state index >= 15 is 4.39 Å². The van der Waals surface area contributed by atoms with Crippen LogP contribution in [0.15, 0.2) is 48.5 Å². The second kappa shape index (κ2) is 11.4. The van der Waals surface area contributed by atoms with E-state index < -0.39 is 24.1 Å². The van der Waals surface area contributed by atoms with Crippen LogP contribution in [0, 0.1) is 5.82 Å². The van der Waals surface area contributed by atoms with Gasteiger partial charge in [0.05, 0.1) is 24.5 Å². The minimum atomic E-state index is -0.545. The number of anilines is 2. The Morgan fingerprint density at radius 2 is 1.83 bits per heavy atom. The van der Waals surface area contributed by atoms with E-state index in [9.17, 15) is 14.4 Å². The SMILES string of the molecule is CC(=O)CC[C@H]1CN(c2ccc(N3CCN(C)N(C(=O)OCc4ccccc4)CC3)c(F)c2)C(=O)O1. The molecule has 10 heteroatoms. The zero-order valence-corrected chi connectivity index (χ0v) is 20.6. The van der Waals surface area contributed by atoms with Crippen LogP contribution in [0.3, 0.4) is 0 Å². The van der Waals surface area contributed by atoms with Gasteiger partial charge < -0.3 is 19.2 Å². The molecule has 2 saturated heterocycles. The molecule has 2 amide bonds. The summed E-state index contributed by atoms with van der Waals surface area (Å²) in [4.78, 5) is 39.4. The number of nitrogens with zero attached hydrogens (tertiary/aromatic N) is 4. The smallest absolute Gasteiger partial charge is 0.424 e. The number of amides is 2. The zero-order chi connectivity index (χ0) is 25.7. The Morgan fingerprint density at radius 1 is 1.08 bits per heavy atom. The summed E-state index contributed by atoms with van der Waals surface area (Å²) in [5.41, 5.74) is 1.70. The summed E-state index contributed by atoms with van der Waals surface area (Å²) in [7, 11) is 1.80. The van der Waals surface area contributed by atoms with E-state index in [2.05, 4.69) is 0 Å². The second-order valence-corrected chi connectivity index (χ2v) is 9.02. The molecule has 0 unspecified atom stereocenters. The Morgan fingerprint density at radius 3 is 2.56 bits per heavy atom.